The van der Waals surface area contributed by atoms with Crippen molar-refractivity contribution in [1.29, 1.82) is 0 Å². The predicted molar refractivity (Wildman–Crippen MR) is 102 cm³/mol. The molecule has 26 heavy (non-hydrogen) atoms. The average molecular weight is 340 g/mol. The Hall–Kier alpha value is -3.40. The molecule has 4 nitrogen and oxygen atoms in total. The van der Waals surface area contributed by atoms with Crippen LogP contribution in [0.4, 0.5) is 0 Å². The molecule has 1 aliphatic heterocycles. The van der Waals surface area contributed by atoms with Gasteiger partial charge >= 0.3 is 0 Å². The fourth-order valence-electron chi connectivity index (χ4n) is 4.16. The molecule has 4 heteroatoms. The van der Waals surface area contributed by atoms with E-state index in [0.717, 1.165) is 33.7 Å². The van der Waals surface area contributed by atoms with Gasteiger partial charge in [-0.25, -0.2) is 14.1 Å². The fraction of sp³-hybridized carbons (Fsp3) is 0.0909. The first-order valence-corrected chi connectivity index (χ1v) is 8.63. The minimum atomic E-state index is -2.30. The predicted octanol–water partition coefficient (Wildman–Crippen LogP) is 3.83. The third-order valence-electron chi connectivity index (χ3n) is 5.22. The van der Waals surface area contributed by atoms with Crippen molar-refractivity contribution >= 4 is 22.1 Å². The Kier molecular flexibility index (Phi) is 2.09. The molecule has 0 unspecified atom stereocenters. The zero-order chi connectivity index (χ0) is 19.8. The molecule has 0 spiro atoms. The first-order chi connectivity index (χ1) is 14.1. The summed E-state index contributed by atoms with van der Waals surface area (Å²) in [5.74, 6) is 0.917. The molecule has 0 N–H and O–H groups in total. The average Bonchev–Trinajstić information content (AvgIpc) is 3.34. The summed E-state index contributed by atoms with van der Waals surface area (Å²) in [6.07, 6.45) is 1.79. The van der Waals surface area contributed by atoms with Crippen molar-refractivity contribution in [3.8, 4) is 17.2 Å². The number of pyridine rings is 1. The summed E-state index contributed by atoms with van der Waals surface area (Å²) in [4.78, 5) is 4.64. The highest BCUT2D eigenvalue weighted by molar-refractivity contribution is 6.05. The lowest BCUT2D eigenvalue weighted by Gasteiger charge is -2.03. The molecule has 0 amide bonds. The molecule has 0 saturated heterocycles. The molecule has 2 aromatic carbocycles. The van der Waals surface area contributed by atoms with Gasteiger partial charge in [-0.3, -0.25) is 4.57 Å². The minimum Gasteiger partial charge on any atom is -0.259 e. The van der Waals surface area contributed by atoms with E-state index in [1.165, 1.54) is 4.57 Å². The zero-order valence-corrected chi connectivity index (χ0v) is 13.9. The van der Waals surface area contributed by atoms with E-state index in [4.69, 9.17) is 4.11 Å². The van der Waals surface area contributed by atoms with Crippen LogP contribution in [-0.2, 0) is 13.5 Å². The van der Waals surface area contributed by atoms with Gasteiger partial charge in [0.05, 0.1) is 23.0 Å². The molecule has 0 fully saturated rings. The number of hydrogen-bond donors (Lipinski definition) is 0. The lowest BCUT2D eigenvalue weighted by atomic mass is 10.2. The minimum absolute atomic E-state index is 0.598. The molecule has 0 atom stereocenters. The number of imidazole rings is 1. The van der Waals surface area contributed by atoms with Crippen molar-refractivity contribution in [2.24, 2.45) is 6.98 Å². The molecular weight excluding hydrogens is 320 g/mol. The molecule has 5 aromatic rings. The topological polar surface area (TPSA) is 26.6 Å². The van der Waals surface area contributed by atoms with Crippen LogP contribution < -0.4 is 4.57 Å². The van der Waals surface area contributed by atoms with Crippen molar-refractivity contribution in [3.63, 3.8) is 0 Å². The third-order valence-corrected chi connectivity index (χ3v) is 5.22. The van der Waals surface area contributed by atoms with Gasteiger partial charge in [0.2, 0.25) is 0 Å². The summed E-state index contributed by atoms with van der Waals surface area (Å²) in [5, 5.41) is 0.918. The quantitative estimate of drug-likeness (QED) is 0.418. The van der Waals surface area contributed by atoms with Gasteiger partial charge in [0.25, 0.3) is 11.5 Å². The van der Waals surface area contributed by atoms with E-state index in [-0.39, 0.29) is 0 Å². The van der Waals surface area contributed by atoms with Crippen LogP contribution in [0.5, 0.6) is 0 Å². The van der Waals surface area contributed by atoms with Crippen LogP contribution in [0, 0.1) is 0 Å². The van der Waals surface area contributed by atoms with E-state index in [2.05, 4.69) is 20.2 Å². The Bertz CT molecular complexity index is 1410. The number of nitrogens with zero attached hydrogens (tertiary/aromatic N) is 4. The molecule has 0 saturated carbocycles. The number of rotatable bonds is 1. The van der Waals surface area contributed by atoms with Gasteiger partial charge < -0.3 is 0 Å². The zero-order valence-electron chi connectivity index (χ0n) is 16.9. The highest BCUT2D eigenvalue weighted by Gasteiger charge is 2.37. The monoisotopic (exact) mass is 340 g/mol. The van der Waals surface area contributed by atoms with E-state index in [1.807, 2.05) is 60.7 Å². The normalized spacial score (nSPS) is 14.8. The van der Waals surface area contributed by atoms with E-state index in [0.29, 0.717) is 17.7 Å². The second-order valence-corrected chi connectivity index (χ2v) is 6.62. The Morgan fingerprint density at radius 3 is 2.73 bits per heavy atom. The maximum absolute atomic E-state index is 8.25. The van der Waals surface area contributed by atoms with Gasteiger partial charge in [0.15, 0.2) is 5.52 Å². The second-order valence-electron chi connectivity index (χ2n) is 6.62. The van der Waals surface area contributed by atoms with Crippen molar-refractivity contribution in [1.82, 2.24) is 14.1 Å². The molecule has 3 aromatic heterocycles. The molecular formula is C22H17N4+. The SMILES string of the molecule is [2H]C([2H])([2H])n1c2ccccc2c2c1[n+]1c(n2-c2ccccc2)-c2ncccc2C1. The van der Waals surface area contributed by atoms with Crippen LogP contribution in [0.15, 0.2) is 72.9 Å². The fourth-order valence-corrected chi connectivity index (χ4v) is 4.16. The first-order valence-electron chi connectivity index (χ1n) is 10.1. The lowest BCUT2D eigenvalue weighted by Crippen LogP contribution is -2.33. The molecule has 124 valence electrons. The summed E-state index contributed by atoms with van der Waals surface area (Å²) in [7, 11) is 0. The largest absolute Gasteiger partial charge is 0.270 e. The molecule has 0 bridgehead atoms. The van der Waals surface area contributed by atoms with Gasteiger partial charge in [-0.15, -0.1) is 0 Å². The van der Waals surface area contributed by atoms with E-state index in [9.17, 15) is 0 Å². The number of benzene rings is 2. The highest BCUT2D eigenvalue weighted by atomic mass is 15.3. The molecule has 6 rings (SSSR count). The van der Waals surface area contributed by atoms with Gasteiger partial charge in [0, 0.05) is 11.8 Å². The van der Waals surface area contributed by atoms with Crippen LogP contribution in [0.1, 0.15) is 9.68 Å². The van der Waals surface area contributed by atoms with Crippen molar-refractivity contribution in [3.05, 3.63) is 78.5 Å². The van der Waals surface area contributed by atoms with Crippen molar-refractivity contribution < 1.29 is 8.68 Å². The van der Waals surface area contributed by atoms with Crippen LogP contribution in [-0.4, -0.2) is 14.1 Å². The van der Waals surface area contributed by atoms with Crippen LogP contribution >= 0.6 is 0 Å². The number of fused-ring (bicyclic) bond motifs is 7. The van der Waals surface area contributed by atoms with E-state index >= 15 is 0 Å². The summed E-state index contributed by atoms with van der Waals surface area (Å²) in [6.45, 7) is -1.70. The molecule has 1 aliphatic rings. The molecule has 4 heterocycles. The molecule has 0 radical (unpaired) electrons. The van der Waals surface area contributed by atoms with E-state index < -0.39 is 6.98 Å². The summed E-state index contributed by atoms with van der Waals surface area (Å²) < 4.78 is 30.5. The second kappa shape index (κ2) is 4.82. The smallest absolute Gasteiger partial charge is 0.259 e. The van der Waals surface area contributed by atoms with Crippen LogP contribution in [0.2, 0.25) is 0 Å². The van der Waals surface area contributed by atoms with E-state index in [1.54, 1.807) is 6.20 Å². The lowest BCUT2D eigenvalue weighted by molar-refractivity contribution is -0.648. The Balaban J connectivity index is 1.89. The number of aromatic nitrogens is 4. The van der Waals surface area contributed by atoms with Crippen LogP contribution in [0.25, 0.3) is 39.3 Å². The van der Waals surface area contributed by atoms with Gasteiger partial charge in [-0.05, 0) is 30.3 Å². The van der Waals surface area contributed by atoms with Crippen molar-refractivity contribution in [2.45, 2.75) is 6.54 Å². The number of hydrogen-bond acceptors (Lipinski definition) is 1. The first kappa shape index (κ1) is 11.3. The Morgan fingerprint density at radius 2 is 1.85 bits per heavy atom. The van der Waals surface area contributed by atoms with Crippen LogP contribution in [0.3, 0.4) is 0 Å². The van der Waals surface area contributed by atoms with Crippen molar-refractivity contribution in [2.75, 3.05) is 0 Å². The summed E-state index contributed by atoms with van der Waals surface area (Å²) in [6, 6.07) is 21.8. The number of para-hydroxylation sites is 2. The maximum Gasteiger partial charge on any atom is 0.270 e. The van der Waals surface area contributed by atoms with Gasteiger partial charge in [-0.1, -0.05) is 36.4 Å². The van der Waals surface area contributed by atoms with Gasteiger partial charge in [0.1, 0.15) is 16.9 Å². The third kappa shape index (κ3) is 1.59. The highest BCUT2D eigenvalue weighted by Crippen LogP contribution is 2.36. The Morgan fingerprint density at radius 1 is 1.00 bits per heavy atom. The summed E-state index contributed by atoms with van der Waals surface area (Å²) in [5.41, 5.74) is 5.28. The van der Waals surface area contributed by atoms with Gasteiger partial charge in [-0.2, -0.15) is 0 Å². The molecule has 0 aliphatic carbocycles. The number of aryl methyl sites for hydroxylation is 1. The summed E-state index contributed by atoms with van der Waals surface area (Å²) >= 11 is 0. The maximum atomic E-state index is 8.25. The standard InChI is InChI=1S/C22H17N4/c1-24-18-12-6-5-11-17(18)20-22(24)25-14-15-8-7-13-23-19(15)21(25)26(20)16-9-3-2-4-10-16/h2-13H,14H2,1H3/q+1/i1D3. The Labute approximate surface area is 154 Å².